The van der Waals surface area contributed by atoms with Gasteiger partial charge in [0.1, 0.15) is 12.4 Å². The number of hydrogen-bond acceptors (Lipinski definition) is 4. The summed E-state index contributed by atoms with van der Waals surface area (Å²) in [4.78, 5) is -0.0163. The SMILES string of the molecule is CCCC(CC)CCNS(=O)(=O)c1cccc(Nc2ccc(OCc3ccccc3)cc2C(F)(F)F)c1. The Kier molecular flexibility index (Phi) is 10.00. The van der Waals surface area contributed by atoms with E-state index in [1.54, 1.807) is 0 Å². The van der Waals surface area contributed by atoms with Crippen LogP contribution in [0, 0.1) is 5.92 Å². The molecular weight excluding hydrogens is 501 g/mol. The number of rotatable bonds is 13. The van der Waals surface area contributed by atoms with Gasteiger partial charge in [0.15, 0.2) is 0 Å². The van der Waals surface area contributed by atoms with E-state index in [2.05, 4.69) is 23.9 Å². The van der Waals surface area contributed by atoms with Crippen molar-refractivity contribution in [1.29, 1.82) is 0 Å². The number of nitrogens with one attached hydrogen (secondary N) is 2. The molecule has 2 N–H and O–H groups in total. The second-order valence-electron chi connectivity index (χ2n) is 8.88. The molecule has 0 fully saturated rings. The van der Waals surface area contributed by atoms with Gasteiger partial charge in [0, 0.05) is 12.2 Å². The fourth-order valence-electron chi connectivity index (χ4n) is 4.04. The Morgan fingerprint density at radius 3 is 2.35 bits per heavy atom. The average molecular weight is 535 g/mol. The number of benzene rings is 3. The molecule has 9 heteroatoms. The minimum atomic E-state index is -4.64. The predicted molar refractivity (Wildman–Crippen MR) is 140 cm³/mol. The molecule has 200 valence electrons. The first-order valence-corrected chi connectivity index (χ1v) is 13.9. The third-order valence-electron chi connectivity index (χ3n) is 6.09. The zero-order valence-corrected chi connectivity index (χ0v) is 21.8. The zero-order chi connectivity index (χ0) is 26.9. The normalized spacial score (nSPS) is 12.8. The van der Waals surface area contributed by atoms with Crippen molar-refractivity contribution in [2.75, 3.05) is 11.9 Å². The third kappa shape index (κ3) is 8.50. The molecular formula is C28H33F3N2O3S. The lowest BCUT2D eigenvalue weighted by atomic mass is 9.97. The summed E-state index contributed by atoms with van der Waals surface area (Å²) in [5, 5.41) is 2.72. The molecule has 0 aliphatic rings. The lowest BCUT2D eigenvalue weighted by Crippen LogP contribution is -2.26. The first-order valence-electron chi connectivity index (χ1n) is 12.4. The highest BCUT2D eigenvalue weighted by Gasteiger charge is 2.34. The first kappa shape index (κ1) is 28.5. The highest BCUT2D eigenvalue weighted by Crippen LogP contribution is 2.38. The van der Waals surface area contributed by atoms with Crippen molar-refractivity contribution >= 4 is 21.4 Å². The van der Waals surface area contributed by atoms with Crippen LogP contribution in [-0.2, 0) is 22.8 Å². The Labute approximate surface area is 217 Å². The van der Waals surface area contributed by atoms with Crippen LogP contribution in [-0.4, -0.2) is 15.0 Å². The summed E-state index contributed by atoms with van der Waals surface area (Å²) in [5.74, 6) is 0.525. The van der Waals surface area contributed by atoms with Crippen LogP contribution in [0.1, 0.15) is 50.7 Å². The van der Waals surface area contributed by atoms with E-state index in [4.69, 9.17) is 4.74 Å². The van der Waals surface area contributed by atoms with Crippen molar-refractivity contribution in [2.24, 2.45) is 5.92 Å². The van der Waals surface area contributed by atoms with E-state index in [0.29, 0.717) is 12.5 Å². The highest BCUT2D eigenvalue weighted by atomic mass is 32.2. The molecule has 0 amide bonds. The van der Waals surface area contributed by atoms with Crippen LogP contribution in [0.15, 0.2) is 77.7 Å². The maximum Gasteiger partial charge on any atom is 0.418 e. The molecule has 0 saturated heterocycles. The quantitative estimate of drug-likeness (QED) is 0.238. The molecule has 5 nitrogen and oxygen atoms in total. The van der Waals surface area contributed by atoms with Gasteiger partial charge in [0.2, 0.25) is 10.0 Å². The summed E-state index contributed by atoms with van der Waals surface area (Å²) >= 11 is 0. The average Bonchev–Trinajstić information content (AvgIpc) is 2.87. The lowest BCUT2D eigenvalue weighted by Gasteiger charge is -2.17. The highest BCUT2D eigenvalue weighted by molar-refractivity contribution is 7.89. The van der Waals surface area contributed by atoms with Crippen LogP contribution in [0.3, 0.4) is 0 Å². The van der Waals surface area contributed by atoms with Crippen molar-refractivity contribution in [3.8, 4) is 5.75 Å². The van der Waals surface area contributed by atoms with E-state index < -0.39 is 21.8 Å². The van der Waals surface area contributed by atoms with Crippen LogP contribution < -0.4 is 14.8 Å². The minimum absolute atomic E-state index is 0.0163. The number of alkyl halides is 3. The number of hydrogen-bond donors (Lipinski definition) is 2. The summed E-state index contributed by atoms with van der Waals surface area (Å²) in [5.41, 5.74) is -0.0531. The molecule has 0 saturated carbocycles. The maximum atomic E-state index is 13.9. The Morgan fingerprint density at radius 1 is 0.919 bits per heavy atom. The fraction of sp³-hybridized carbons (Fsp3) is 0.357. The Balaban J connectivity index is 1.74. The number of anilines is 2. The topological polar surface area (TPSA) is 67.4 Å². The molecule has 3 aromatic rings. The Morgan fingerprint density at radius 2 is 1.68 bits per heavy atom. The van der Waals surface area contributed by atoms with E-state index >= 15 is 0 Å². The van der Waals surface area contributed by atoms with Gasteiger partial charge < -0.3 is 10.1 Å². The monoisotopic (exact) mass is 534 g/mol. The zero-order valence-electron chi connectivity index (χ0n) is 21.0. The third-order valence-corrected chi connectivity index (χ3v) is 7.55. The standard InChI is InChI=1S/C28H33F3N2O3S/c1-3-9-21(4-2)16-17-32-37(34,35)25-13-8-12-23(18-25)33-27-15-14-24(19-26(27)28(29,30)31)36-20-22-10-6-5-7-11-22/h5-8,10-15,18-19,21,32-33H,3-4,9,16-17,20H2,1-2H3. The van der Waals surface area contributed by atoms with Gasteiger partial charge in [0.05, 0.1) is 16.1 Å². The van der Waals surface area contributed by atoms with E-state index in [1.165, 1.54) is 36.4 Å². The van der Waals surface area contributed by atoms with Crippen molar-refractivity contribution in [2.45, 2.75) is 57.2 Å². The van der Waals surface area contributed by atoms with Crippen LogP contribution in [0.2, 0.25) is 0 Å². The summed E-state index contributed by atoms with van der Waals surface area (Å²) in [6.45, 7) is 4.62. The molecule has 1 unspecified atom stereocenters. The minimum Gasteiger partial charge on any atom is -0.489 e. The van der Waals surface area contributed by atoms with Gasteiger partial charge in [-0.2, -0.15) is 13.2 Å². The van der Waals surface area contributed by atoms with Crippen LogP contribution >= 0.6 is 0 Å². The van der Waals surface area contributed by atoms with Gasteiger partial charge >= 0.3 is 6.18 Å². The molecule has 3 rings (SSSR count). The van der Waals surface area contributed by atoms with E-state index in [1.807, 2.05) is 30.3 Å². The van der Waals surface area contributed by atoms with Crippen molar-refractivity contribution in [1.82, 2.24) is 4.72 Å². The number of ether oxygens (including phenoxy) is 1. The smallest absolute Gasteiger partial charge is 0.418 e. The summed E-state index contributed by atoms with van der Waals surface area (Å²) < 4.78 is 75.3. The molecule has 1 atom stereocenters. The molecule has 0 heterocycles. The van der Waals surface area contributed by atoms with Crippen molar-refractivity contribution < 1.29 is 26.3 Å². The number of sulfonamides is 1. The molecule has 37 heavy (non-hydrogen) atoms. The van der Waals surface area contributed by atoms with Gasteiger partial charge in [-0.05, 0) is 54.3 Å². The largest absolute Gasteiger partial charge is 0.489 e. The van der Waals surface area contributed by atoms with Crippen LogP contribution in [0.25, 0.3) is 0 Å². The van der Waals surface area contributed by atoms with Gasteiger partial charge in [-0.1, -0.05) is 69.5 Å². The molecule has 0 aliphatic heterocycles. The van der Waals surface area contributed by atoms with E-state index in [0.717, 1.165) is 37.3 Å². The van der Waals surface area contributed by atoms with Gasteiger partial charge in [-0.3, -0.25) is 0 Å². The summed E-state index contributed by atoms with van der Waals surface area (Å²) in [6.07, 6.45) is -0.857. The summed E-state index contributed by atoms with van der Waals surface area (Å²) in [7, 11) is -3.81. The molecule has 0 aliphatic carbocycles. The molecule has 0 aromatic heterocycles. The van der Waals surface area contributed by atoms with Crippen molar-refractivity contribution in [3.63, 3.8) is 0 Å². The predicted octanol–water partition coefficient (Wildman–Crippen LogP) is 7.52. The van der Waals surface area contributed by atoms with E-state index in [9.17, 15) is 21.6 Å². The lowest BCUT2D eigenvalue weighted by molar-refractivity contribution is -0.137. The van der Waals surface area contributed by atoms with Gasteiger partial charge in [-0.25, -0.2) is 13.1 Å². The van der Waals surface area contributed by atoms with Crippen LogP contribution in [0.5, 0.6) is 5.75 Å². The maximum absolute atomic E-state index is 13.9. The molecule has 0 spiro atoms. The fourth-order valence-corrected chi connectivity index (χ4v) is 5.13. The molecule has 3 aromatic carbocycles. The summed E-state index contributed by atoms with van der Waals surface area (Å²) in [6, 6.07) is 18.6. The first-order chi connectivity index (χ1) is 17.6. The second kappa shape index (κ2) is 13.0. The molecule has 0 bridgehead atoms. The Bertz CT molecular complexity index is 1250. The van der Waals surface area contributed by atoms with E-state index in [-0.39, 0.29) is 28.6 Å². The Hall–Kier alpha value is -3.04. The van der Waals surface area contributed by atoms with Crippen molar-refractivity contribution in [3.05, 3.63) is 83.9 Å². The van der Waals surface area contributed by atoms with Crippen LogP contribution in [0.4, 0.5) is 24.5 Å². The van der Waals surface area contributed by atoms with Gasteiger partial charge in [0.25, 0.3) is 0 Å². The van der Waals surface area contributed by atoms with Gasteiger partial charge in [-0.15, -0.1) is 0 Å². The molecule has 0 radical (unpaired) electrons. The number of halogens is 3. The second-order valence-corrected chi connectivity index (χ2v) is 10.6.